The van der Waals surface area contributed by atoms with Gasteiger partial charge < -0.3 is 14.6 Å². The van der Waals surface area contributed by atoms with Crippen LogP contribution in [0.1, 0.15) is 17.3 Å². The van der Waals surface area contributed by atoms with Crippen LogP contribution in [0, 0.1) is 10.1 Å². The second kappa shape index (κ2) is 8.11. The highest BCUT2D eigenvalue weighted by Crippen LogP contribution is 2.29. The van der Waals surface area contributed by atoms with Crippen LogP contribution in [-0.2, 0) is 4.74 Å². The number of ether oxygens (including phenoxy) is 1. The van der Waals surface area contributed by atoms with Crippen molar-refractivity contribution in [3.8, 4) is 5.82 Å². The summed E-state index contributed by atoms with van der Waals surface area (Å²) in [5.74, 6) is -0.790. The molecule has 2 aromatic carbocycles. The molecule has 0 unspecified atom stereocenters. The van der Waals surface area contributed by atoms with Crippen LogP contribution in [-0.4, -0.2) is 27.2 Å². The van der Waals surface area contributed by atoms with Gasteiger partial charge in [-0.1, -0.05) is 36.4 Å². The van der Waals surface area contributed by atoms with Crippen LogP contribution in [0.4, 0.5) is 17.2 Å². The fourth-order valence-corrected chi connectivity index (χ4v) is 3.10. The van der Waals surface area contributed by atoms with Gasteiger partial charge in [0.25, 0.3) is 5.69 Å². The number of anilines is 2. The van der Waals surface area contributed by atoms with Crippen LogP contribution in [0.5, 0.6) is 0 Å². The molecule has 0 spiro atoms. The van der Waals surface area contributed by atoms with Gasteiger partial charge in [-0.05, 0) is 24.4 Å². The first-order valence-corrected chi connectivity index (χ1v) is 9.28. The summed E-state index contributed by atoms with van der Waals surface area (Å²) >= 11 is 0. The molecular formula is C21H16N4O6. The van der Waals surface area contributed by atoms with Crippen molar-refractivity contribution >= 4 is 33.9 Å². The minimum atomic E-state index is -0.929. The normalized spacial score (nSPS) is 10.7. The minimum absolute atomic E-state index is 0.00107. The van der Waals surface area contributed by atoms with Crippen molar-refractivity contribution in [2.24, 2.45) is 0 Å². The van der Waals surface area contributed by atoms with E-state index in [1.807, 2.05) is 36.4 Å². The Balaban J connectivity index is 1.88. The lowest BCUT2D eigenvalue weighted by atomic mass is 10.1. The van der Waals surface area contributed by atoms with E-state index >= 15 is 0 Å². The number of carbonyl (C=O) groups excluding carboxylic acids is 1. The number of rotatable bonds is 6. The molecule has 156 valence electrons. The van der Waals surface area contributed by atoms with Gasteiger partial charge in [0.15, 0.2) is 17.2 Å². The molecule has 0 amide bonds. The van der Waals surface area contributed by atoms with E-state index in [1.165, 1.54) is 12.1 Å². The van der Waals surface area contributed by atoms with E-state index in [1.54, 1.807) is 13.0 Å². The van der Waals surface area contributed by atoms with Gasteiger partial charge in [0, 0.05) is 17.1 Å². The Morgan fingerprint density at radius 2 is 1.97 bits per heavy atom. The van der Waals surface area contributed by atoms with E-state index in [-0.39, 0.29) is 29.5 Å². The third-order valence-electron chi connectivity index (χ3n) is 4.49. The van der Waals surface area contributed by atoms with Gasteiger partial charge in [0.05, 0.1) is 11.5 Å². The van der Waals surface area contributed by atoms with Crippen molar-refractivity contribution in [2.75, 3.05) is 11.9 Å². The second-order valence-corrected chi connectivity index (χ2v) is 6.40. The van der Waals surface area contributed by atoms with Crippen molar-refractivity contribution in [3.63, 3.8) is 0 Å². The quantitative estimate of drug-likeness (QED) is 0.283. The van der Waals surface area contributed by atoms with E-state index in [0.717, 1.165) is 21.7 Å². The molecule has 2 heterocycles. The molecule has 0 aliphatic rings. The fourth-order valence-electron chi connectivity index (χ4n) is 3.10. The summed E-state index contributed by atoms with van der Waals surface area (Å²) in [6.07, 6.45) is 1.03. The average Bonchev–Trinajstić information content (AvgIpc) is 3.10. The summed E-state index contributed by atoms with van der Waals surface area (Å²) in [5, 5.41) is 15.8. The third-order valence-corrected chi connectivity index (χ3v) is 4.49. The molecule has 2 aromatic heterocycles. The summed E-state index contributed by atoms with van der Waals surface area (Å²) < 4.78 is 11.3. The lowest BCUT2D eigenvalue weighted by Gasteiger charge is -2.12. The van der Waals surface area contributed by atoms with Gasteiger partial charge in [-0.2, -0.15) is 0 Å². The zero-order valence-electron chi connectivity index (χ0n) is 16.3. The molecule has 4 rings (SSSR count). The zero-order valence-corrected chi connectivity index (χ0v) is 16.3. The molecule has 1 N–H and O–H groups in total. The van der Waals surface area contributed by atoms with Crippen molar-refractivity contribution in [1.29, 1.82) is 0 Å². The molecule has 0 aliphatic heterocycles. The molecule has 4 aromatic rings. The number of fused-ring (bicyclic) bond motifs is 1. The maximum Gasteiger partial charge on any atom is 0.374 e. The molecule has 0 saturated heterocycles. The lowest BCUT2D eigenvalue weighted by molar-refractivity contribution is -0.385. The van der Waals surface area contributed by atoms with Gasteiger partial charge in [0.1, 0.15) is 6.20 Å². The molecule has 10 nitrogen and oxygen atoms in total. The van der Waals surface area contributed by atoms with Gasteiger partial charge in [-0.3, -0.25) is 10.1 Å². The molecule has 0 bridgehead atoms. The Kier molecular flexibility index (Phi) is 5.19. The maximum atomic E-state index is 12.5. The topological polar surface area (TPSA) is 130 Å². The molecule has 0 aliphatic carbocycles. The number of aromatic nitrogens is 2. The lowest BCUT2D eigenvalue weighted by Crippen LogP contribution is -2.15. The Morgan fingerprint density at radius 1 is 1.19 bits per heavy atom. The number of esters is 1. The largest absolute Gasteiger partial charge is 0.462 e. The summed E-state index contributed by atoms with van der Waals surface area (Å²) in [6, 6.07) is 15.6. The highest BCUT2D eigenvalue weighted by Gasteiger charge is 2.27. The van der Waals surface area contributed by atoms with Crippen molar-refractivity contribution < 1.29 is 19.0 Å². The van der Waals surface area contributed by atoms with Crippen LogP contribution in [0.2, 0.25) is 0 Å². The van der Waals surface area contributed by atoms with Crippen molar-refractivity contribution in [3.05, 3.63) is 86.9 Å². The van der Waals surface area contributed by atoms with Crippen LogP contribution < -0.4 is 10.9 Å². The number of pyridine rings is 1. The van der Waals surface area contributed by atoms with Gasteiger partial charge in [-0.15, -0.1) is 4.74 Å². The molecule has 0 atom stereocenters. The Bertz CT molecular complexity index is 1330. The minimum Gasteiger partial charge on any atom is -0.462 e. The highest BCUT2D eigenvalue weighted by atomic mass is 16.6. The van der Waals surface area contributed by atoms with Crippen LogP contribution in [0.15, 0.2) is 70.1 Å². The Labute approximate surface area is 174 Å². The van der Waals surface area contributed by atoms with E-state index in [0.29, 0.717) is 5.69 Å². The molecule has 0 fully saturated rings. The Morgan fingerprint density at radius 3 is 2.68 bits per heavy atom. The van der Waals surface area contributed by atoms with Crippen LogP contribution in [0.25, 0.3) is 16.6 Å². The van der Waals surface area contributed by atoms with Gasteiger partial charge in [-0.25, -0.2) is 14.6 Å². The smallest absolute Gasteiger partial charge is 0.374 e. The number of nitrogens with one attached hydrogen (secondary N) is 1. The van der Waals surface area contributed by atoms with Gasteiger partial charge in [0.2, 0.25) is 0 Å². The fraction of sp³-hybridized carbons (Fsp3) is 0.0952. The van der Waals surface area contributed by atoms with Gasteiger partial charge >= 0.3 is 11.6 Å². The highest BCUT2D eigenvalue weighted by molar-refractivity contribution is 5.99. The van der Waals surface area contributed by atoms with E-state index < -0.39 is 16.5 Å². The van der Waals surface area contributed by atoms with Crippen LogP contribution >= 0.6 is 0 Å². The van der Waals surface area contributed by atoms with E-state index in [2.05, 4.69) is 10.3 Å². The summed E-state index contributed by atoms with van der Waals surface area (Å²) in [7, 11) is 0. The molecule has 0 saturated carbocycles. The maximum absolute atomic E-state index is 12.5. The molecular weight excluding hydrogens is 404 g/mol. The van der Waals surface area contributed by atoms with Crippen LogP contribution in [0.3, 0.4) is 0 Å². The SMILES string of the molecule is CCOC(=O)c1c(Nc2cccc3ccccc23)n(-c2ccc([N+](=O)[O-])cn2)oc1=O. The summed E-state index contributed by atoms with van der Waals surface area (Å²) in [5.41, 5.74) is -0.885. The standard InChI is InChI=1S/C21H16N4O6/c1-2-30-20(26)18-19(23-16-9-5-7-13-6-3-4-8-15(13)16)24(31-21(18)27)17-11-10-14(12-22-17)25(28)29/h3-12,23H,2H2,1H3. The predicted molar refractivity (Wildman–Crippen MR) is 112 cm³/mol. The first-order chi connectivity index (χ1) is 15.0. The van der Waals surface area contributed by atoms with Crippen molar-refractivity contribution in [1.82, 2.24) is 9.72 Å². The zero-order chi connectivity index (χ0) is 22.0. The molecule has 0 radical (unpaired) electrons. The number of benzene rings is 2. The number of hydrogen-bond donors (Lipinski definition) is 1. The van der Waals surface area contributed by atoms with E-state index in [9.17, 15) is 19.7 Å². The summed E-state index contributed by atoms with van der Waals surface area (Å²) in [6.45, 7) is 1.68. The number of carbonyl (C=O) groups is 1. The first-order valence-electron chi connectivity index (χ1n) is 9.28. The molecule has 10 heteroatoms. The monoisotopic (exact) mass is 420 g/mol. The summed E-state index contributed by atoms with van der Waals surface area (Å²) in [4.78, 5) is 39.3. The number of hydrogen-bond acceptors (Lipinski definition) is 8. The second-order valence-electron chi connectivity index (χ2n) is 6.40. The number of nitrogens with zero attached hydrogens (tertiary/aromatic N) is 3. The average molecular weight is 420 g/mol. The molecule has 31 heavy (non-hydrogen) atoms. The first kappa shape index (κ1) is 19.8. The predicted octanol–water partition coefficient (Wildman–Crippen LogP) is 3.81. The van der Waals surface area contributed by atoms with Crippen molar-refractivity contribution in [2.45, 2.75) is 6.92 Å². The number of nitro groups is 1. The third kappa shape index (κ3) is 3.73. The Hall–Kier alpha value is -4.47. The van der Waals surface area contributed by atoms with E-state index in [4.69, 9.17) is 9.26 Å².